The third-order valence-corrected chi connectivity index (χ3v) is 7.48. The van der Waals surface area contributed by atoms with E-state index in [1.165, 1.54) is 4.90 Å². The summed E-state index contributed by atoms with van der Waals surface area (Å²) in [5.74, 6) is -4.11. The summed E-state index contributed by atoms with van der Waals surface area (Å²) >= 11 is 0. The number of rotatable bonds is 4. The van der Waals surface area contributed by atoms with Crippen molar-refractivity contribution in [2.45, 2.75) is 25.0 Å². The van der Waals surface area contributed by atoms with Crippen LogP contribution >= 0.6 is 0 Å². The van der Waals surface area contributed by atoms with Crippen LogP contribution in [0.3, 0.4) is 0 Å². The van der Waals surface area contributed by atoms with Crippen LogP contribution in [-0.4, -0.2) is 40.4 Å². The van der Waals surface area contributed by atoms with Gasteiger partial charge in [0.2, 0.25) is 29.0 Å². The number of likely N-dealkylation sites (tertiary alicyclic amines) is 1. The fourth-order valence-corrected chi connectivity index (χ4v) is 5.74. The molecule has 2 fully saturated rings. The van der Waals surface area contributed by atoms with E-state index in [1.54, 1.807) is 24.3 Å². The zero-order valence-electron chi connectivity index (χ0n) is 19.1. The van der Waals surface area contributed by atoms with Crippen molar-refractivity contribution >= 4 is 23.4 Å². The summed E-state index contributed by atoms with van der Waals surface area (Å²) in [6.07, 6.45) is -0.385. The molecule has 2 heterocycles. The summed E-state index contributed by atoms with van der Waals surface area (Å²) in [4.78, 5) is 56.1. The first-order valence-corrected chi connectivity index (χ1v) is 11.8. The van der Waals surface area contributed by atoms with Gasteiger partial charge in [0, 0.05) is 17.7 Å². The van der Waals surface area contributed by atoms with E-state index in [2.05, 4.69) is 0 Å². The van der Waals surface area contributed by atoms with Gasteiger partial charge < -0.3 is 4.74 Å². The molecule has 1 spiro atoms. The third kappa shape index (κ3) is 2.99. The number of imide groups is 1. The Kier molecular flexibility index (Phi) is 4.83. The van der Waals surface area contributed by atoms with E-state index in [0.717, 1.165) is 11.1 Å². The normalized spacial score (nSPS) is 24.4. The topological polar surface area (TPSA) is 80.8 Å². The average Bonchev–Trinajstić information content (AvgIpc) is 3.44. The highest BCUT2D eigenvalue weighted by Gasteiger charge is 2.74. The Morgan fingerprint density at radius 3 is 2.00 bits per heavy atom. The molecule has 174 valence electrons. The maximum atomic E-state index is 13.8. The highest BCUT2D eigenvalue weighted by molar-refractivity contribution is 6.35. The van der Waals surface area contributed by atoms with E-state index in [4.69, 9.17) is 4.74 Å². The van der Waals surface area contributed by atoms with E-state index in [0.29, 0.717) is 12.0 Å². The largest absolute Gasteiger partial charge is 0.349 e. The van der Waals surface area contributed by atoms with Crippen LogP contribution in [0.1, 0.15) is 43.5 Å². The van der Waals surface area contributed by atoms with E-state index in [-0.39, 0.29) is 17.7 Å². The molecule has 3 aromatic rings. The number of hydrogen-bond donors (Lipinski definition) is 0. The van der Waals surface area contributed by atoms with Crippen molar-refractivity contribution in [3.63, 3.8) is 0 Å². The monoisotopic (exact) mass is 465 g/mol. The first kappa shape index (κ1) is 21.6. The quantitative estimate of drug-likeness (QED) is 0.433. The van der Waals surface area contributed by atoms with Crippen molar-refractivity contribution in [1.29, 1.82) is 0 Å². The van der Waals surface area contributed by atoms with Crippen molar-refractivity contribution in [2.24, 2.45) is 11.8 Å². The van der Waals surface area contributed by atoms with Crippen LogP contribution in [0.4, 0.5) is 0 Å². The standard InChI is InChI=1S/C29H23NO5/c1-17-11-13-19(14-12-17)24-22-23(28(34)30(27(22)33)16-15-18-7-3-2-4-8-18)29(35-24)25(31)20-9-5-6-10-21(20)26(29)32/h2-14,22-24H,15-16H2,1H3/t22-,23+,24-/m1/s1. The zero-order valence-corrected chi connectivity index (χ0v) is 19.1. The number of ketones is 2. The predicted molar refractivity (Wildman–Crippen MR) is 127 cm³/mol. The lowest BCUT2D eigenvalue weighted by Crippen LogP contribution is -2.51. The highest BCUT2D eigenvalue weighted by Crippen LogP contribution is 2.57. The smallest absolute Gasteiger partial charge is 0.237 e. The van der Waals surface area contributed by atoms with Crippen LogP contribution in [0.15, 0.2) is 78.9 Å². The summed E-state index contributed by atoms with van der Waals surface area (Å²) in [6.45, 7) is 2.13. The molecule has 0 unspecified atom stereocenters. The van der Waals surface area contributed by atoms with E-state index >= 15 is 0 Å². The molecule has 0 aromatic heterocycles. The number of benzene rings is 3. The Labute approximate surface area is 202 Å². The van der Waals surface area contributed by atoms with Crippen molar-refractivity contribution < 1.29 is 23.9 Å². The second-order valence-corrected chi connectivity index (χ2v) is 9.46. The summed E-state index contributed by atoms with van der Waals surface area (Å²) in [5.41, 5.74) is 1.15. The first-order chi connectivity index (χ1) is 16.9. The van der Waals surface area contributed by atoms with Crippen LogP contribution in [0.25, 0.3) is 0 Å². The molecule has 6 nitrogen and oxygen atoms in total. The Balaban J connectivity index is 1.44. The number of carbonyl (C=O) groups excluding carboxylic acids is 4. The number of ether oxygens (including phenoxy) is 1. The van der Waals surface area contributed by atoms with Crippen molar-refractivity contribution in [1.82, 2.24) is 4.90 Å². The van der Waals surface area contributed by atoms with Gasteiger partial charge in [-0.2, -0.15) is 0 Å². The van der Waals surface area contributed by atoms with E-state index in [9.17, 15) is 19.2 Å². The highest BCUT2D eigenvalue weighted by atomic mass is 16.5. The number of amides is 2. The van der Waals surface area contributed by atoms with Crippen LogP contribution in [0.5, 0.6) is 0 Å². The molecule has 0 saturated carbocycles. The molecule has 35 heavy (non-hydrogen) atoms. The van der Waals surface area contributed by atoms with Gasteiger partial charge in [0.25, 0.3) is 0 Å². The van der Waals surface area contributed by atoms with Crippen molar-refractivity contribution in [3.05, 3.63) is 107 Å². The van der Waals surface area contributed by atoms with Crippen molar-refractivity contribution in [3.8, 4) is 0 Å². The lowest BCUT2D eigenvalue weighted by atomic mass is 9.77. The van der Waals surface area contributed by atoms with Gasteiger partial charge in [-0.25, -0.2) is 0 Å². The molecule has 2 aliphatic heterocycles. The van der Waals surface area contributed by atoms with Gasteiger partial charge in [-0.05, 0) is 24.5 Å². The first-order valence-electron chi connectivity index (χ1n) is 11.8. The minimum atomic E-state index is -2.02. The Hall–Kier alpha value is -3.90. The van der Waals surface area contributed by atoms with Crippen LogP contribution in [0.2, 0.25) is 0 Å². The minimum absolute atomic E-state index is 0.181. The maximum Gasteiger partial charge on any atom is 0.237 e. The van der Waals surface area contributed by atoms with E-state index in [1.807, 2.05) is 61.5 Å². The molecule has 6 rings (SSSR count). The number of hydrogen-bond acceptors (Lipinski definition) is 5. The summed E-state index contributed by atoms with van der Waals surface area (Å²) in [6, 6.07) is 23.5. The summed E-state index contributed by atoms with van der Waals surface area (Å²) < 4.78 is 6.29. The lowest BCUT2D eigenvalue weighted by Gasteiger charge is -2.27. The van der Waals surface area contributed by atoms with Gasteiger partial charge in [0.15, 0.2) is 0 Å². The SMILES string of the molecule is Cc1ccc([C@H]2OC3(C(=O)c4ccccc4C3=O)[C@@H]3C(=O)N(CCc4ccccc4)C(=O)[C@@H]23)cc1. The van der Waals surface area contributed by atoms with Gasteiger partial charge >= 0.3 is 0 Å². The van der Waals surface area contributed by atoms with E-state index < -0.39 is 46.9 Å². The van der Waals surface area contributed by atoms with Crippen LogP contribution in [0, 0.1) is 18.8 Å². The molecule has 3 aromatic carbocycles. The Morgan fingerprint density at radius 2 is 1.37 bits per heavy atom. The number of aryl methyl sites for hydroxylation is 1. The molecule has 0 radical (unpaired) electrons. The molecule has 2 amide bonds. The second-order valence-electron chi connectivity index (χ2n) is 9.46. The van der Waals surface area contributed by atoms with Gasteiger partial charge in [0.05, 0.1) is 17.9 Å². The molecule has 0 N–H and O–H groups in total. The second kappa shape index (κ2) is 7.82. The molecule has 2 saturated heterocycles. The average molecular weight is 466 g/mol. The molecule has 1 aliphatic carbocycles. The summed E-state index contributed by atoms with van der Waals surface area (Å²) in [7, 11) is 0. The van der Waals surface area contributed by atoms with Gasteiger partial charge in [-0.15, -0.1) is 0 Å². The number of fused-ring (bicyclic) bond motifs is 3. The Morgan fingerprint density at radius 1 is 0.771 bits per heavy atom. The molecular weight excluding hydrogens is 442 g/mol. The predicted octanol–water partition coefficient (Wildman–Crippen LogP) is 3.73. The van der Waals surface area contributed by atoms with Crippen molar-refractivity contribution in [2.75, 3.05) is 6.54 Å². The minimum Gasteiger partial charge on any atom is -0.349 e. The fraction of sp³-hybridized carbons (Fsp3) is 0.241. The van der Waals surface area contributed by atoms with Crippen LogP contribution < -0.4 is 0 Å². The lowest BCUT2D eigenvalue weighted by molar-refractivity contribution is -0.144. The fourth-order valence-electron chi connectivity index (χ4n) is 5.74. The van der Waals surface area contributed by atoms with Gasteiger partial charge in [-0.3, -0.25) is 24.1 Å². The Bertz CT molecular complexity index is 1340. The van der Waals surface area contributed by atoms with Gasteiger partial charge in [0.1, 0.15) is 0 Å². The molecule has 6 heteroatoms. The molecule has 3 aliphatic rings. The zero-order chi connectivity index (χ0) is 24.3. The number of nitrogens with zero attached hydrogens (tertiary/aromatic N) is 1. The number of Topliss-reactive ketones (excluding diaryl/α,β-unsaturated/α-hetero) is 2. The molecule has 0 bridgehead atoms. The summed E-state index contributed by atoms with van der Waals surface area (Å²) in [5, 5.41) is 0. The van der Waals surface area contributed by atoms with Crippen LogP contribution in [-0.2, 0) is 20.7 Å². The number of carbonyl (C=O) groups is 4. The molecule has 3 atom stereocenters. The molecular formula is C29H23NO5. The third-order valence-electron chi connectivity index (χ3n) is 7.48. The maximum absolute atomic E-state index is 13.8. The van der Waals surface area contributed by atoms with Gasteiger partial charge in [-0.1, -0.05) is 84.4 Å².